The third kappa shape index (κ3) is 5.70. The molecular weight excluding hydrogens is 446 g/mol. The van der Waals surface area contributed by atoms with Crippen LogP contribution in [-0.2, 0) is 16.1 Å². The Kier molecular flexibility index (Phi) is 8.80. The molecule has 9 nitrogen and oxygen atoms in total. The SMILES string of the molecule is CCCC[C@H]1C(=O)N(CCCC)C[C@H]2N1C(=O)CN(C)N2C(=O)NCc1ccc(OCl)cc1. The van der Waals surface area contributed by atoms with Gasteiger partial charge < -0.3 is 19.4 Å². The Morgan fingerprint density at radius 3 is 2.48 bits per heavy atom. The summed E-state index contributed by atoms with van der Waals surface area (Å²) in [5.41, 5.74) is 0.887. The first-order valence-electron chi connectivity index (χ1n) is 11.7. The molecule has 0 bridgehead atoms. The molecule has 0 radical (unpaired) electrons. The lowest BCUT2D eigenvalue weighted by Crippen LogP contribution is -2.75. The fraction of sp³-hybridized carbons (Fsp3) is 0.609. The van der Waals surface area contributed by atoms with E-state index in [1.165, 1.54) is 0 Å². The average Bonchev–Trinajstić information content (AvgIpc) is 2.81. The molecule has 2 fully saturated rings. The Hall–Kier alpha value is -2.52. The molecule has 1 aromatic carbocycles. The van der Waals surface area contributed by atoms with Crippen molar-refractivity contribution < 1.29 is 18.7 Å². The van der Waals surface area contributed by atoms with E-state index < -0.39 is 12.2 Å². The van der Waals surface area contributed by atoms with Crippen LogP contribution in [0.3, 0.4) is 0 Å². The zero-order valence-electron chi connectivity index (χ0n) is 19.6. The fourth-order valence-electron chi connectivity index (χ4n) is 4.45. The van der Waals surface area contributed by atoms with Crippen LogP contribution in [0.25, 0.3) is 0 Å². The lowest BCUT2D eigenvalue weighted by atomic mass is 10.0. The van der Waals surface area contributed by atoms with Gasteiger partial charge in [0.1, 0.15) is 29.8 Å². The number of fused-ring (bicyclic) bond motifs is 1. The summed E-state index contributed by atoms with van der Waals surface area (Å²) in [5, 5.41) is 6.17. The summed E-state index contributed by atoms with van der Waals surface area (Å²) in [4.78, 5) is 43.0. The van der Waals surface area contributed by atoms with E-state index in [1.807, 2.05) is 17.0 Å². The van der Waals surface area contributed by atoms with Crippen LogP contribution in [-0.4, -0.2) is 76.6 Å². The van der Waals surface area contributed by atoms with E-state index in [0.29, 0.717) is 31.8 Å². The van der Waals surface area contributed by atoms with Crippen LogP contribution < -0.4 is 9.61 Å². The maximum absolute atomic E-state index is 13.3. The summed E-state index contributed by atoms with van der Waals surface area (Å²) < 4.78 is 4.66. The topological polar surface area (TPSA) is 85.4 Å². The van der Waals surface area contributed by atoms with Crippen molar-refractivity contribution in [3.63, 3.8) is 0 Å². The minimum absolute atomic E-state index is 0.00647. The molecule has 2 heterocycles. The van der Waals surface area contributed by atoms with Crippen molar-refractivity contribution in [3.8, 4) is 5.75 Å². The predicted molar refractivity (Wildman–Crippen MR) is 125 cm³/mol. The van der Waals surface area contributed by atoms with Crippen LogP contribution in [0, 0.1) is 0 Å². The van der Waals surface area contributed by atoms with E-state index in [9.17, 15) is 14.4 Å². The highest BCUT2D eigenvalue weighted by atomic mass is 35.5. The highest BCUT2D eigenvalue weighted by molar-refractivity contribution is 6.09. The lowest BCUT2D eigenvalue weighted by Gasteiger charge is -2.54. The Bertz CT molecular complexity index is 837. The second-order valence-corrected chi connectivity index (χ2v) is 8.77. The number of carbonyl (C=O) groups excluding carboxylic acids is 3. The first-order valence-corrected chi connectivity index (χ1v) is 12.0. The fourth-order valence-corrected chi connectivity index (χ4v) is 4.55. The van der Waals surface area contributed by atoms with Crippen LogP contribution in [0.1, 0.15) is 51.5 Å². The van der Waals surface area contributed by atoms with Gasteiger partial charge in [-0.2, -0.15) is 0 Å². The molecule has 0 spiro atoms. The van der Waals surface area contributed by atoms with Gasteiger partial charge in [-0.25, -0.2) is 14.8 Å². The molecule has 2 saturated heterocycles. The van der Waals surface area contributed by atoms with Crippen molar-refractivity contribution in [1.29, 1.82) is 0 Å². The third-order valence-corrected chi connectivity index (χ3v) is 6.39. The van der Waals surface area contributed by atoms with E-state index in [0.717, 1.165) is 31.2 Å². The standard InChI is InChI=1S/C23H34ClN5O4/c1-4-6-8-19-22(31)27(13-7-5-2)15-20-28(19)21(30)16-26(3)29(20)23(32)25-14-17-9-11-18(33-24)12-10-17/h9-12,19-20H,4-8,13-16H2,1-3H3,(H,25,32)/t19-,20-/m0/s1. The Morgan fingerprint density at radius 2 is 1.85 bits per heavy atom. The number of benzene rings is 1. The molecule has 2 aliphatic rings. The Labute approximate surface area is 200 Å². The zero-order chi connectivity index (χ0) is 24.0. The molecule has 10 heteroatoms. The molecule has 1 N–H and O–H groups in total. The average molecular weight is 480 g/mol. The summed E-state index contributed by atoms with van der Waals surface area (Å²) in [6.07, 6.45) is 3.71. The van der Waals surface area contributed by atoms with Crippen molar-refractivity contribution in [2.75, 3.05) is 26.7 Å². The van der Waals surface area contributed by atoms with Gasteiger partial charge in [-0.05, 0) is 30.5 Å². The summed E-state index contributed by atoms with van der Waals surface area (Å²) in [5.74, 6) is 0.398. The van der Waals surface area contributed by atoms with Gasteiger partial charge in [0.2, 0.25) is 11.8 Å². The van der Waals surface area contributed by atoms with Crippen molar-refractivity contribution >= 4 is 29.7 Å². The number of halogens is 1. The van der Waals surface area contributed by atoms with Gasteiger partial charge in [0, 0.05) is 20.1 Å². The Balaban J connectivity index is 1.80. The van der Waals surface area contributed by atoms with E-state index in [1.54, 1.807) is 34.1 Å². The van der Waals surface area contributed by atoms with Crippen LogP contribution in [0.5, 0.6) is 5.75 Å². The van der Waals surface area contributed by atoms with E-state index in [-0.39, 0.29) is 24.4 Å². The molecule has 2 atom stereocenters. The number of likely N-dealkylation sites (N-methyl/N-ethyl adjacent to an activating group) is 1. The minimum Gasteiger partial charge on any atom is -0.386 e. The highest BCUT2D eigenvalue weighted by Gasteiger charge is 2.50. The molecule has 33 heavy (non-hydrogen) atoms. The first kappa shape index (κ1) is 25.1. The van der Waals surface area contributed by atoms with Gasteiger partial charge in [0.15, 0.2) is 0 Å². The molecule has 3 rings (SSSR count). The molecule has 0 aromatic heterocycles. The number of nitrogens with one attached hydrogen (secondary N) is 1. The van der Waals surface area contributed by atoms with Crippen LogP contribution in [0.15, 0.2) is 24.3 Å². The summed E-state index contributed by atoms with van der Waals surface area (Å²) in [6.45, 7) is 5.45. The van der Waals surface area contributed by atoms with E-state index in [2.05, 4.69) is 23.5 Å². The van der Waals surface area contributed by atoms with Crippen molar-refractivity contribution in [2.24, 2.45) is 0 Å². The summed E-state index contributed by atoms with van der Waals surface area (Å²) in [7, 11) is 1.73. The first-order chi connectivity index (χ1) is 15.9. The van der Waals surface area contributed by atoms with Crippen LogP contribution >= 0.6 is 11.9 Å². The second-order valence-electron chi connectivity index (χ2n) is 8.62. The van der Waals surface area contributed by atoms with Gasteiger partial charge in [-0.15, -0.1) is 0 Å². The molecule has 0 aliphatic carbocycles. The number of nitrogens with zero attached hydrogens (tertiary/aromatic N) is 4. The number of piperazine rings is 1. The van der Waals surface area contributed by atoms with Gasteiger partial charge in [0.25, 0.3) is 0 Å². The summed E-state index contributed by atoms with van der Waals surface area (Å²) >= 11 is 5.36. The van der Waals surface area contributed by atoms with Crippen molar-refractivity contribution in [3.05, 3.63) is 29.8 Å². The normalized spacial score (nSPS) is 21.3. The monoisotopic (exact) mass is 479 g/mol. The maximum atomic E-state index is 13.3. The zero-order valence-corrected chi connectivity index (χ0v) is 20.4. The number of urea groups is 1. The van der Waals surface area contributed by atoms with Crippen molar-refractivity contribution in [1.82, 2.24) is 25.1 Å². The second kappa shape index (κ2) is 11.6. The number of carbonyl (C=O) groups is 3. The predicted octanol–water partition coefficient (Wildman–Crippen LogP) is 2.95. The molecule has 4 amide bonds. The quantitative estimate of drug-likeness (QED) is 0.588. The molecule has 2 aliphatic heterocycles. The maximum Gasteiger partial charge on any atom is 0.334 e. The number of unbranched alkanes of at least 4 members (excludes halogenated alkanes) is 2. The summed E-state index contributed by atoms with van der Waals surface area (Å²) in [6, 6.07) is 6.24. The third-order valence-electron chi connectivity index (χ3n) is 6.22. The highest BCUT2D eigenvalue weighted by Crippen LogP contribution is 2.28. The number of hydrogen-bond acceptors (Lipinski definition) is 5. The molecule has 1 aromatic rings. The number of hydrogen-bond donors (Lipinski definition) is 1. The Morgan fingerprint density at radius 1 is 1.15 bits per heavy atom. The van der Waals surface area contributed by atoms with E-state index in [4.69, 9.17) is 11.9 Å². The smallest absolute Gasteiger partial charge is 0.334 e. The van der Waals surface area contributed by atoms with Gasteiger partial charge in [-0.3, -0.25) is 9.59 Å². The van der Waals surface area contributed by atoms with Crippen LogP contribution in [0.2, 0.25) is 0 Å². The van der Waals surface area contributed by atoms with Gasteiger partial charge in [0.05, 0.1) is 13.1 Å². The lowest BCUT2D eigenvalue weighted by molar-refractivity contribution is -0.187. The number of hydrazine groups is 1. The minimum atomic E-state index is -0.528. The van der Waals surface area contributed by atoms with Gasteiger partial charge >= 0.3 is 6.03 Å². The van der Waals surface area contributed by atoms with Crippen LogP contribution in [0.4, 0.5) is 4.79 Å². The number of rotatable bonds is 9. The largest absolute Gasteiger partial charge is 0.386 e. The molecular formula is C23H34ClN5O4. The van der Waals surface area contributed by atoms with E-state index >= 15 is 0 Å². The molecule has 0 saturated carbocycles. The van der Waals surface area contributed by atoms with Gasteiger partial charge in [-0.1, -0.05) is 45.2 Å². The van der Waals surface area contributed by atoms with Crippen molar-refractivity contribution in [2.45, 2.75) is 64.7 Å². The molecule has 0 unspecified atom stereocenters. The molecule has 182 valence electrons. The number of amides is 4.